The summed E-state index contributed by atoms with van der Waals surface area (Å²) < 4.78 is 5.41. The first-order valence-corrected chi connectivity index (χ1v) is 5.27. The molecule has 0 aliphatic carbocycles. The van der Waals surface area contributed by atoms with Crippen LogP contribution in [0.3, 0.4) is 0 Å². The van der Waals surface area contributed by atoms with E-state index in [0.29, 0.717) is 11.3 Å². The first-order valence-electron chi connectivity index (χ1n) is 5.27. The maximum Gasteiger partial charge on any atom is 0.337 e. The summed E-state index contributed by atoms with van der Waals surface area (Å²) in [5, 5.41) is 17.6. The van der Waals surface area contributed by atoms with Crippen LogP contribution >= 0.6 is 0 Å². The van der Waals surface area contributed by atoms with Crippen LogP contribution in [0.1, 0.15) is 15.9 Å². The van der Waals surface area contributed by atoms with Gasteiger partial charge in [0.2, 0.25) is 5.88 Å². The molecular weight excluding hydrogens is 246 g/mol. The standard InChI is InChI=1S/C13H9N3O3/c14-6-8-2-1-3-10(4-8)19-12-11(15)5-9(7-16-12)13(17)18/h1-5,7H,15H2,(H,17,18). The van der Waals surface area contributed by atoms with Crippen molar-refractivity contribution in [3.63, 3.8) is 0 Å². The Kier molecular flexibility index (Phi) is 3.30. The second kappa shape index (κ2) is 5.06. The van der Waals surface area contributed by atoms with Gasteiger partial charge in [-0.25, -0.2) is 9.78 Å². The van der Waals surface area contributed by atoms with Crippen LogP contribution in [0.2, 0.25) is 0 Å². The van der Waals surface area contributed by atoms with Gasteiger partial charge in [-0.05, 0) is 24.3 Å². The number of benzene rings is 1. The lowest BCUT2D eigenvalue weighted by atomic mass is 10.2. The Labute approximate surface area is 108 Å². The summed E-state index contributed by atoms with van der Waals surface area (Å²) in [5.74, 6) is -0.612. The summed E-state index contributed by atoms with van der Waals surface area (Å²) in [6.45, 7) is 0. The molecule has 1 heterocycles. The maximum absolute atomic E-state index is 10.7. The summed E-state index contributed by atoms with van der Waals surface area (Å²) in [7, 11) is 0. The average molecular weight is 255 g/mol. The lowest BCUT2D eigenvalue weighted by Crippen LogP contribution is -2.01. The van der Waals surface area contributed by atoms with Gasteiger partial charge in [0, 0.05) is 6.20 Å². The monoisotopic (exact) mass is 255 g/mol. The van der Waals surface area contributed by atoms with Crippen LogP contribution in [0.25, 0.3) is 0 Å². The van der Waals surface area contributed by atoms with Gasteiger partial charge in [0.25, 0.3) is 0 Å². The maximum atomic E-state index is 10.7. The quantitative estimate of drug-likeness (QED) is 0.868. The van der Waals surface area contributed by atoms with Crippen molar-refractivity contribution in [2.75, 3.05) is 5.73 Å². The Morgan fingerprint density at radius 2 is 2.21 bits per heavy atom. The van der Waals surface area contributed by atoms with E-state index >= 15 is 0 Å². The predicted octanol–water partition coefficient (Wildman–Crippen LogP) is 2.03. The molecule has 6 nitrogen and oxygen atoms in total. The van der Waals surface area contributed by atoms with Crippen molar-refractivity contribution in [1.82, 2.24) is 4.98 Å². The molecule has 3 N–H and O–H groups in total. The van der Waals surface area contributed by atoms with E-state index in [1.54, 1.807) is 18.2 Å². The van der Waals surface area contributed by atoms with Crippen LogP contribution in [-0.2, 0) is 0 Å². The van der Waals surface area contributed by atoms with Gasteiger partial charge in [0.1, 0.15) is 5.75 Å². The molecule has 1 aromatic carbocycles. The van der Waals surface area contributed by atoms with Crippen LogP contribution in [0.15, 0.2) is 36.5 Å². The highest BCUT2D eigenvalue weighted by Gasteiger charge is 2.09. The Morgan fingerprint density at radius 3 is 2.84 bits per heavy atom. The highest BCUT2D eigenvalue weighted by Crippen LogP contribution is 2.26. The predicted molar refractivity (Wildman–Crippen MR) is 66.8 cm³/mol. The van der Waals surface area contributed by atoms with Crippen molar-refractivity contribution in [3.8, 4) is 17.7 Å². The first-order chi connectivity index (χ1) is 9.10. The van der Waals surface area contributed by atoms with Gasteiger partial charge in [-0.15, -0.1) is 0 Å². The van der Waals surface area contributed by atoms with E-state index in [2.05, 4.69) is 4.98 Å². The Balaban J connectivity index is 2.28. The minimum atomic E-state index is -1.11. The van der Waals surface area contributed by atoms with E-state index < -0.39 is 5.97 Å². The van der Waals surface area contributed by atoms with Crippen LogP contribution < -0.4 is 10.5 Å². The zero-order valence-electron chi connectivity index (χ0n) is 9.70. The molecule has 6 heteroatoms. The Morgan fingerprint density at radius 1 is 1.42 bits per heavy atom. The topological polar surface area (TPSA) is 109 Å². The SMILES string of the molecule is N#Cc1cccc(Oc2ncc(C(=O)O)cc2N)c1. The number of rotatable bonds is 3. The van der Waals surface area contributed by atoms with Gasteiger partial charge in [0.05, 0.1) is 22.9 Å². The number of nitriles is 1. The van der Waals surface area contributed by atoms with Gasteiger partial charge >= 0.3 is 5.97 Å². The summed E-state index contributed by atoms with van der Waals surface area (Å²) in [6.07, 6.45) is 1.15. The number of hydrogen-bond acceptors (Lipinski definition) is 5. The second-order valence-electron chi connectivity index (χ2n) is 3.67. The van der Waals surface area contributed by atoms with Crippen molar-refractivity contribution in [2.24, 2.45) is 0 Å². The minimum absolute atomic E-state index is 0.0179. The van der Waals surface area contributed by atoms with Crippen molar-refractivity contribution in [2.45, 2.75) is 0 Å². The molecule has 0 atom stereocenters. The average Bonchev–Trinajstić information content (AvgIpc) is 2.41. The summed E-state index contributed by atoms with van der Waals surface area (Å²) in [5.41, 5.74) is 6.20. The zero-order chi connectivity index (χ0) is 13.8. The van der Waals surface area contributed by atoms with Crippen molar-refractivity contribution < 1.29 is 14.6 Å². The molecule has 2 rings (SSSR count). The highest BCUT2D eigenvalue weighted by molar-refractivity contribution is 5.88. The number of nitrogens with zero attached hydrogens (tertiary/aromatic N) is 2. The van der Waals surface area contributed by atoms with Crippen LogP contribution in [-0.4, -0.2) is 16.1 Å². The fraction of sp³-hybridized carbons (Fsp3) is 0. The largest absolute Gasteiger partial charge is 0.478 e. The fourth-order valence-electron chi connectivity index (χ4n) is 1.41. The minimum Gasteiger partial charge on any atom is -0.478 e. The normalized spacial score (nSPS) is 9.63. The van der Waals surface area contributed by atoms with Gasteiger partial charge in [-0.3, -0.25) is 0 Å². The number of carboxylic acid groups (broad SMARTS) is 1. The highest BCUT2D eigenvalue weighted by atomic mass is 16.5. The lowest BCUT2D eigenvalue weighted by molar-refractivity contribution is 0.0696. The number of carbonyl (C=O) groups is 1. The van der Waals surface area contributed by atoms with Crippen molar-refractivity contribution in [1.29, 1.82) is 5.26 Å². The Bertz CT molecular complexity index is 677. The molecule has 0 aliphatic rings. The molecule has 19 heavy (non-hydrogen) atoms. The van der Waals surface area contributed by atoms with Crippen molar-refractivity contribution >= 4 is 11.7 Å². The second-order valence-corrected chi connectivity index (χ2v) is 3.67. The molecule has 2 aromatic rings. The van der Waals surface area contributed by atoms with Gasteiger partial charge in [-0.1, -0.05) is 6.07 Å². The number of carboxylic acids is 1. The van der Waals surface area contributed by atoms with Crippen LogP contribution in [0.5, 0.6) is 11.6 Å². The first kappa shape index (κ1) is 12.4. The summed E-state index contributed by atoms with van der Waals surface area (Å²) in [6, 6.07) is 9.72. The molecule has 0 radical (unpaired) electrons. The number of anilines is 1. The zero-order valence-corrected chi connectivity index (χ0v) is 9.70. The van der Waals surface area contributed by atoms with E-state index in [1.807, 2.05) is 6.07 Å². The molecule has 94 valence electrons. The van der Waals surface area contributed by atoms with Crippen LogP contribution in [0, 0.1) is 11.3 Å². The number of ether oxygens (including phenoxy) is 1. The van der Waals surface area contributed by atoms with Gasteiger partial charge < -0.3 is 15.6 Å². The molecule has 1 aromatic heterocycles. The molecule has 0 unspecified atom stereocenters. The van der Waals surface area contributed by atoms with Gasteiger partial charge in [-0.2, -0.15) is 5.26 Å². The van der Waals surface area contributed by atoms with Crippen LogP contribution in [0.4, 0.5) is 5.69 Å². The van der Waals surface area contributed by atoms with E-state index in [-0.39, 0.29) is 17.1 Å². The number of aromatic nitrogens is 1. The molecule has 0 fully saturated rings. The fourth-order valence-corrected chi connectivity index (χ4v) is 1.41. The Hall–Kier alpha value is -3.07. The molecule has 0 aliphatic heterocycles. The molecule has 0 amide bonds. The number of nitrogen functional groups attached to an aromatic ring is 1. The lowest BCUT2D eigenvalue weighted by Gasteiger charge is -2.07. The summed E-state index contributed by atoms with van der Waals surface area (Å²) in [4.78, 5) is 14.6. The third-order valence-electron chi connectivity index (χ3n) is 2.30. The molecule has 0 spiro atoms. The summed E-state index contributed by atoms with van der Waals surface area (Å²) >= 11 is 0. The molecule has 0 saturated heterocycles. The smallest absolute Gasteiger partial charge is 0.337 e. The number of hydrogen-bond donors (Lipinski definition) is 2. The van der Waals surface area contributed by atoms with Crippen molar-refractivity contribution in [3.05, 3.63) is 47.7 Å². The number of aromatic carboxylic acids is 1. The third-order valence-corrected chi connectivity index (χ3v) is 2.30. The van der Waals surface area contributed by atoms with Gasteiger partial charge in [0.15, 0.2) is 0 Å². The third kappa shape index (κ3) is 2.79. The number of pyridine rings is 1. The number of nitrogens with two attached hydrogens (primary N) is 1. The molecule has 0 saturated carbocycles. The van der Waals surface area contributed by atoms with E-state index in [1.165, 1.54) is 12.1 Å². The van der Waals surface area contributed by atoms with E-state index in [0.717, 1.165) is 6.20 Å². The van der Waals surface area contributed by atoms with E-state index in [9.17, 15) is 4.79 Å². The molecule has 0 bridgehead atoms. The molecular formula is C13H9N3O3. The van der Waals surface area contributed by atoms with E-state index in [4.69, 9.17) is 20.8 Å².